The Bertz CT molecular complexity index is 575. The van der Waals surface area contributed by atoms with Crippen LogP contribution in [0, 0.1) is 5.92 Å². The van der Waals surface area contributed by atoms with Gasteiger partial charge in [-0.05, 0) is 24.6 Å². The molecule has 1 atom stereocenters. The van der Waals surface area contributed by atoms with Gasteiger partial charge in [-0.3, -0.25) is 9.59 Å². The van der Waals surface area contributed by atoms with Crippen molar-refractivity contribution in [1.29, 1.82) is 0 Å². The summed E-state index contributed by atoms with van der Waals surface area (Å²) in [6.07, 6.45) is -4.26. The van der Waals surface area contributed by atoms with E-state index in [0.717, 1.165) is 12.1 Å². The minimum absolute atomic E-state index is 0.0270. The molecule has 0 aromatic heterocycles. The first kappa shape index (κ1) is 15.6. The van der Waals surface area contributed by atoms with Gasteiger partial charge in [-0.15, -0.1) is 0 Å². The van der Waals surface area contributed by atoms with Gasteiger partial charge in [0, 0.05) is 23.9 Å². The molecule has 1 unspecified atom stereocenters. The standard InChI is InChI=1S/C13H12ClF3N2O2/c14-8-1-2-10(9(6-8)13(15,16)17)19-12(21)7-3-4-18-11(20)5-7/h1-2,6-7H,3-5H2,(H,18,20)(H,19,21). The third-order valence-electron chi connectivity index (χ3n) is 3.16. The van der Waals surface area contributed by atoms with Crippen LogP contribution in [0.3, 0.4) is 0 Å². The number of piperidine rings is 1. The van der Waals surface area contributed by atoms with Crippen molar-refractivity contribution in [3.63, 3.8) is 0 Å². The van der Waals surface area contributed by atoms with E-state index in [1.807, 2.05) is 0 Å². The quantitative estimate of drug-likeness (QED) is 0.880. The summed E-state index contributed by atoms with van der Waals surface area (Å²) in [5.41, 5.74) is -1.37. The fourth-order valence-corrected chi connectivity index (χ4v) is 2.27. The predicted molar refractivity (Wildman–Crippen MR) is 70.8 cm³/mol. The van der Waals surface area contributed by atoms with Crippen LogP contribution in [-0.2, 0) is 15.8 Å². The Morgan fingerprint density at radius 1 is 1.38 bits per heavy atom. The summed E-state index contributed by atoms with van der Waals surface area (Å²) in [6, 6.07) is 3.12. The van der Waals surface area contributed by atoms with Crippen LogP contribution in [0.15, 0.2) is 18.2 Å². The number of nitrogens with one attached hydrogen (secondary N) is 2. The molecule has 4 nitrogen and oxygen atoms in total. The zero-order valence-electron chi connectivity index (χ0n) is 10.8. The highest BCUT2D eigenvalue weighted by molar-refractivity contribution is 6.30. The van der Waals surface area contributed by atoms with Gasteiger partial charge in [-0.2, -0.15) is 13.2 Å². The van der Waals surface area contributed by atoms with Gasteiger partial charge in [-0.25, -0.2) is 0 Å². The molecule has 2 amide bonds. The molecule has 1 aromatic rings. The number of carbonyl (C=O) groups is 2. The smallest absolute Gasteiger partial charge is 0.356 e. The molecule has 0 bridgehead atoms. The van der Waals surface area contributed by atoms with Crippen molar-refractivity contribution >= 4 is 29.1 Å². The van der Waals surface area contributed by atoms with Crippen molar-refractivity contribution in [3.05, 3.63) is 28.8 Å². The Hall–Kier alpha value is -1.76. The molecule has 1 aliphatic heterocycles. The van der Waals surface area contributed by atoms with Crippen LogP contribution in [0.25, 0.3) is 0 Å². The van der Waals surface area contributed by atoms with E-state index in [1.54, 1.807) is 0 Å². The van der Waals surface area contributed by atoms with Crippen LogP contribution in [0.1, 0.15) is 18.4 Å². The molecule has 2 N–H and O–H groups in total. The van der Waals surface area contributed by atoms with Gasteiger partial charge in [0.15, 0.2) is 0 Å². The molecule has 1 saturated heterocycles. The van der Waals surface area contributed by atoms with Gasteiger partial charge in [-0.1, -0.05) is 11.6 Å². The second kappa shape index (κ2) is 5.93. The first-order valence-electron chi connectivity index (χ1n) is 6.21. The van der Waals surface area contributed by atoms with Crippen molar-refractivity contribution in [2.75, 3.05) is 11.9 Å². The van der Waals surface area contributed by atoms with Crippen LogP contribution < -0.4 is 10.6 Å². The zero-order chi connectivity index (χ0) is 15.6. The van der Waals surface area contributed by atoms with Gasteiger partial charge in [0.05, 0.1) is 11.3 Å². The second-order valence-corrected chi connectivity index (χ2v) is 5.15. The van der Waals surface area contributed by atoms with Crippen molar-refractivity contribution in [2.24, 2.45) is 5.92 Å². The fraction of sp³-hybridized carbons (Fsp3) is 0.385. The molecule has 21 heavy (non-hydrogen) atoms. The number of benzene rings is 1. The topological polar surface area (TPSA) is 58.2 Å². The molecule has 8 heteroatoms. The van der Waals surface area contributed by atoms with Gasteiger partial charge in [0.25, 0.3) is 0 Å². The average Bonchev–Trinajstić information content (AvgIpc) is 2.39. The van der Waals surface area contributed by atoms with Crippen LogP contribution in [0.2, 0.25) is 5.02 Å². The van der Waals surface area contributed by atoms with Crippen LogP contribution in [0.5, 0.6) is 0 Å². The Morgan fingerprint density at radius 2 is 2.10 bits per heavy atom. The molecule has 1 aromatic carbocycles. The van der Waals surface area contributed by atoms with E-state index in [2.05, 4.69) is 10.6 Å². The number of carbonyl (C=O) groups excluding carboxylic acids is 2. The zero-order valence-corrected chi connectivity index (χ0v) is 11.5. The summed E-state index contributed by atoms with van der Waals surface area (Å²) in [6.45, 7) is 0.337. The van der Waals surface area contributed by atoms with Crippen molar-refractivity contribution in [2.45, 2.75) is 19.0 Å². The molecule has 114 valence electrons. The van der Waals surface area contributed by atoms with E-state index in [-0.39, 0.29) is 23.0 Å². The summed E-state index contributed by atoms with van der Waals surface area (Å²) < 4.78 is 38.7. The number of hydrogen-bond acceptors (Lipinski definition) is 2. The summed E-state index contributed by atoms with van der Waals surface area (Å²) in [5, 5.41) is 4.72. The molecule has 2 rings (SSSR count). The highest BCUT2D eigenvalue weighted by Crippen LogP contribution is 2.36. The Kier molecular flexibility index (Phi) is 4.41. The summed E-state index contributed by atoms with van der Waals surface area (Å²) in [7, 11) is 0. The highest BCUT2D eigenvalue weighted by atomic mass is 35.5. The normalized spacial score (nSPS) is 19.0. The number of rotatable bonds is 2. The molecule has 1 fully saturated rings. The number of halogens is 4. The Morgan fingerprint density at radius 3 is 2.71 bits per heavy atom. The third-order valence-corrected chi connectivity index (χ3v) is 3.40. The molecule has 0 aliphatic carbocycles. The molecule has 1 aliphatic rings. The first-order valence-corrected chi connectivity index (χ1v) is 6.59. The maximum atomic E-state index is 12.9. The van der Waals surface area contributed by atoms with E-state index in [4.69, 9.17) is 11.6 Å². The Labute approximate surface area is 123 Å². The number of alkyl halides is 3. The van der Waals surface area contributed by atoms with Crippen LogP contribution in [0.4, 0.5) is 18.9 Å². The lowest BCUT2D eigenvalue weighted by Gasteiger charge is -2.22. The number of anilines is 1. The fourth-order valence-electron chi connectivity index (χ4n) is 2.10. The van der Waals surface area contributed by atoms with Crippen LogP contribution in [-0.4, -0.2) is 18.4 Å². The van der Waals surface area contributed by atoms with Crippen LogP contribution >= 0.6 is 11.6 Å². The second-order valence-electron chi connectivity index (χ2n) is 4.72. The summed E-state index contributed by atoms with van der Waals surface area (Å²) in [5.74, 6) is -1.51. The SMILES string of the molecule is O=C1CC(C(=O)Nc2ccc(Cl)cc2C(F)(F)F)CCN1. The van der Waals surface area contributed by atoms with Crippen molar-refractivity contribution < 1.29 is 22.8 Å². The first-order chi connectivity index (χ1) is 9.77. The number of hydrogen-bond donors (Lipinski definition) is 2. The Balaban J connectivity index is 2.19. The predicted octanol–water partition coefficient (Wildman–Crippen LogP) is 2.82. The van der Waals surface area contributed by atoms with E-state index >= 15 is 0 Å². The average molecular weight is 321 g/mol. The van der Waals surface area contributed by atoms with Gasteiger partial charge in [0.2, 0.25) is 11.8 Å². The lowest BCUT2D eigenvalue weighted by molar-refractivity contribution is -0.137. The van der Waals surface area contributed by atoms with E-state index in [0.29, 0.717) is 13.0 Å². The summed E-state index contributed by atoms with van der Waals surface area (Å²) in [4.78, 5) is 23.2. The lowest BCUT2D eigenvalue weighted by Crippen LogP contribution is -2.38. The largest absolute Gasteiger partial charge is 0.418 e. The summed E-state index contributed by atoms with van der Waals surface area (Å²) >= 11 is 5.56. The number of amides is 2. The lowest BCUT2D eigenvalue weighted by atomic mass is 9.96. The minimum atomic E-state index is -4.63. The monoisotopic (exact) mass is 320 g/mol. The maximum Gasteiger partial charge on any atom is 0.418 e. The molecule has 0 spiro atoms. The van der Waals surface area contributed by atoms with E-state index in [1.165, 1.54) is 6.07 Å². The molecular formula is C13H12ClF3N2O2. The highest BCUT2D eigenvalue weighted by Gasteiger charge is 2.35. The molecule has 1 heterocycles. The minimum Gasteiger partial charge on any atom is -0.356 e. The molecular weight excluding hydrogens is 309 g/mol. The van der Waals surface area contributed by atoms with Gasteiger partial charge >= 0.3 is 6.18 Å². The van der Waals surface area contributed by atoms with E-state index in [9.17, 15) is 22.8 Å². The van der Waals surface area contributed by atoms with Gasteiger partial charge < -0.3 is 10.6 Å². The molecule has 0 saturated carbocycles. The third kappa shape index (κ3) is 3.87. The van der Waals surface area contributed by atoms with Crippen molar-refractivity contribution in [3.8, 4) is 0 Å². The van der Waals surface area contributed by atoms with Gasteiger partial charge in [0.1, 0.15) is 0 Å². The maximum absolute atomic E-state index is 12.9. The van der Waals surface area contributed by atoms with Crippen molar-refractivity contribution in [1.82, 2.24) is 5.32 Å². The van der Waals surface area contributed by atoms with E-state index < -0.39 is 23.6 Å². The molecule has 0 radical (unpaired) electrons.